The zero-order valence-electron chi connectivity index (χ0n) is 17.7. The van der Waals surface area contributed by atoms with Gasteiger partial charge in [0.15, 0.2) is 0 Å². The molecule has 0 aliphatic heterocycles. The maximum absolute atomic E-state index is 3.57. The molecule has 0 heterocycles. The molecule has 0 atom stereocenters. The van der Waals surface area contributed by atoms with Gasteiger partial charge >= 0.3 is 18.9 Å². The summed E-state index contributed by atoms with van der Waals surface area (Å²) in [5.74, 6) is 3.52. The van der Waals surface area contributed by atoms with E-state index in [4.69, 9.17) is 0 Å². The predicted molar refractivity (Wildman–Crippen MR) is 111 cm³/mol. The van der Waals surface area contributed by atoms with Crippen LogP contribution < -0.4 is 18.9 Å². The van der Waals surface area contributed by atoms with Gasteiger partial charge in [0.2, 0.25) is 0 Å². The van der Waals surface area contributed by atoms with Crippen molar-refractivity contribution in [2.45, 2.75) is 97.7 Å². The molecule has 0 N–H and O–H groups in total. The molecule has 1 aromatic carbocycles. The smallest absolute Gasteiger partial charge is 0.179 e. The zero-order valence-corrected chi connectivity index (χ0v) is 18.7. The first-order valence-electron chi connectivity index (χ1n) is 10.0. The molecule has 1 aromatic rings. The summed E-state index contributed by atoms with van der Waals surface area (Å²) in [4.78, 5) is 0. The number of benzene rings is 1. The molecular weight excluding hydrogens is 311 g/mol. The molecule has 134 valence electrons. The van der Waals surface area contributed by atoms with Crippen LogP contribution >= 0.6 is 0 Å². The van der Waals surface area contributed by atoms with Crippen LogP contribution in [-0.4, -0.2) is 8.07 Å². The fraction of sp³-hybridized carbons (Fsp3) is 0.652. The molecule has 25 heavy (non-hydrogen) atoms. The third-order valence-electron chi connectivity index (χ3n) is 4.26. The van der Waals surface area contributed by atoms with Gasteiger partial charge in [0.05, 0.1) is 0 Å². The third-order valence-corrected chi connectivity index (χ3v) is 5.13. The Morgan fingerprint density at radius 2 is 1.48 bits per heavy atom. The average molecular weight is 349 g/mol. The molecule has 0 aliphatic rings. The molecule has 0 saturated heterocycles. The SMILES string of the molecule is CCCCCCc1c[c-]c(CCCCCC)c(C#C[Si](C)(C)C)c1.[Li+]. The number of aryl methyl sites for hydroxylation is 2. The third kappa shape index (κ3) is 11.8. The number of hydrogen-bond donors (Lipinski definition) is 0. The van der Waals surface area contributed by atoms with E-state index in [0.717, 1.165) is 6.42 Å². The molecule has 0 aliphatic carbocycles. The minimum Gasteiger partial charge on any atom is -0.179 e. The van der Waals surface area contributed by atoms with Crippen LogP contribution in [0.25, 0.3) is 0 Å². The number of hydrogen-bond acceptors (Lipinski definition) is 0. The van der Waals surface area contributed by atoms with Crippen molar-refractivity contribution in [2.75, 3.05) is 0 Å². The zero-order chi connectivity index (χ0) is 17.8. The predicted octanol–water partition coefficient (Wildman–Crippen LogP) is 3.97. The first-order valence-corrected chi connectivity index (χ1v) is 13.5. The van der Waals surface area contributed by atoms with E-state index in [1.165, 1.54) is 74.5 Å². The van der Waals surface area contributed by atoms with E-state index in [2.05, 4.69) is 63.2 Å². The molecule has 0 spiro atoms. The standard InChI is InChI=1S/C23H37Si.Li/c1-6-8-10-12-14-21-16-17-22(15-13-11-9-7-2)23(20-21)18-19-24(3,4)5;/h16,20H,6-15H2,1-5H3;/q-1;+1. The van der Waals surface area contributed by atoms with Gasteiger partial charge in [-0.1, -0.05) is 96.8 Å². The number of rotatable bonds is 10. The van der Waals surface area contributed by atoms with Crippen molar-refractivity contribution in [1.82, 2.24) is 0 Å². The second-order valence-corrected chi connectivity index (χ2v) is 12.8. The summed E-state index contributed by atoms with van der Waals surface area (Å²) < 4.78 is 0. The maximum Gasteiger partial charge on any atom is 1.00 e. The summed E-state index contributed by atoms with van der Waals surface area (Å²) in [6.07, 6.45) is 12.8. The van der Waals surface area contributed by atoms with Crippen LogP contribution in [0.2, 0.25) is 19.6 Å². The number of unbranched alkanes of at least 4 members (excludes halogenated alkanes) is 6. The van der Waals surface area contributed by atoms with Crippen LogP contribution in [0.15, 0.2) is 12.1 Å². The van der Waals surface area contributed by atoms with E-state index >= 15 is 0 Å². The summed E-state index contributed by atoms with van der Waals surface area (Å²) in [6.45, 7) is 11.5. The molecule has 0 radical (unpaired) electrons. The van der Waals surface area contributed by atoms with Crippen molar-refractivity contribution in [3.8, 4) is 11.5 Å². The van der Waals surface area contributed by atoms with E-state index in [1.807, 2.05) is 0 Å². The Balaban J connectivity index is 0.00000576. The Morgan fingerprint density at radius 1 is 0.880 bits per heavy atom. The topological polar surface area (TPSA) is 0 Å². The Kier molecular flexibility index (Phi) is 13.5. The fourth-order valence-electron chi connectivity index (χ4n) is 2.77. The van der Waals surface area contributed by atoms with Gasteiger partial charge in [-0.25, -0.2) is 0 Å². The Hall–Kier alpha value is -0.406. The van der Waals surface area contributed by atoms with E-state index in [-0.39, 0.29) is 18.9 Å². The summed E-state index contributed by atoms with van der Waals surface area (Å²) in [5, 5.41) is 0. The molecule has 0 unspecified atom stereocenters. The first kappa shape index (κ1) is 24.6. The molecule has 0 nitrogen and oxygen atoms in total. The maximum atomic E-state index is 3.57. The van der Waals surface area contributed by atoms with Gasteiger partial charge in [-0.3, -0.25) is 0 Å². The first-order chi connectivity index (χ1) is 11.5. The van der Waals surface area contributed by atoms with E-state index in [9.17, 15) is 0 Å². The van der Waals surface area contributed by atoms with Gasteiger partial charge in [0.1, 0.15) is 8.07 Å². The Bertz CT molecular complexity index is 531. The minimum atomic E-state index is -1.34. The molecule has 1 rings (SSSR count). The van der Waals surface area contributed by atoms with Crippen molar-refractivity contribution in [3.05, 3.63) is 34.9 Å². The monoisotopic (exact) mass is 348 g/mol. The second kappa shape index (κ2) is 13.8. The van der Waals surface area contributed by atoms with Gasteiger partial charge in [-0.05, 0) is 6.42 Å². The van der Waals surface area contributed by atoms with Gasteiger partial charge in [0, 0.05) is 0 Å². The summed E-state index contributed by atoms with van der Waals surface area (Å²) in [7, 11) is -1.34. The van der Waals surface area contributed by atoms with Crippen molar-refractivity contribution in [2.24, 2.45) is 0 Å². The van der Waals surface area contributed by atoms with E-state index in [1.54, 1.807) is 0 Å². The largest absolute Gasteiger partial charge is 1.00 e. The summed E-state index contributed by atoms with van der Waals surface area (Å²) >= 11 is 0. The van der Waals surface area contributed by atoms with Gasteiger partial charge < -0.3 is 0 Å². The van der Waals surface area contributed by atoms with Crippen molar-refractivity contribution >= 4 is 8.07 Å². The quantitative estimate of drug-likeness (QED) is 0.260. The van der Waals surface area contributed by atoms with Crippen LogP contribution in [0.3, 0.4) is 0 Å². The summed E-state index contributed by atoms with van der Waals surface area (Å²) in [5.41, 5.74) is 7.57. The fourth-order valence-corrected chi connectivity index (χ4v) is 3.28. The van der Waals surface area contributed by atoms with Crippen molar-refractivity contribution in [3.63, 3.8) is 0 Å². The van der Waals surface area contributed by atoms with Crippen LogP contribution in [0.4, 0.5) is 0 Å². The van der Waals surface area contributed by atoms with Crippen molar-refractivity contribution < 1.29 is 18.9 Å². The van der Waals surface area contributed by atoms with E-state index in [0.29, 0.717) is 0 Å². The second-order valence-electron chi connectivity index (χ2n) is 8.02. The molecule has 0 bridgehead atoms. The Labute approximate surface area is 170 Å². The Morgan fingerprint density at radius 3 is 2.04 bits per heavy atom. The van der Waals surface area contributed by atoms with Crippen LogP contribution in [0.5, 0.6) is 0 Å². The molecule has 0 saturated carbocycles. The van der Waals surface area contributed by atoms with Crippen LogP contribution in [-0.2, 0) is 12.8 Å². The molecule has 0 fully saturated rings. The molecule has 2 heteroatoms. The molecule has 0 amide bonds. The van der Waals surface area contributed by atoms with Gasteiger partial charge in [-0.15, -0.1) is 17.0 Å². The van der Waals surface area contributed by atoms with Gasteiger partial charge in [0.25, 0.3) is 0 Å². The van der Waals surface area contributed by atoms with Crippen molar-refractivity contribution in [1.29, 1.82) is 0 Å². The minimum absolute atomic E-state index is 0. The van der Waals surface area contributed by atoms with Gasteiger partial charge in [-0.2, -0.15) is 23.8 Å². The normalized spacial score (nSPS) is 10.8. The molecule has 0 aromatic heterocycles. The van der Waals surface area contributed by atoms with Crippen LogP contribution in [0.1, 0.15) is 81.9 Å². The van der Waals surface area contributed by atoms with E-state index < -0.39 is 8.07 Å². The summed E-state index contributed by atoms with van der Waals surface area (Å²) in [6, 6.07) is 8.15. The average Bonchev–Trinajstić information content (AvgIpc) is 2.54. The molecular formula is C23H37LiSi. The van der Waals surface area contributed by atoms with Crippen LogP contribution in [0, 0.1) is 17.5 Å².